The average Bonchev–Trinajstić information content (AvgIpc) is 2.48. The monoisotopic (exact) mass is 372 g/mol. The Morgan fingerprint density at radius 2 is 1.78 bits per heavy atom. The molecule has 0 heterocycles. The first kappa shape index (κ1) is 18.3. The van der Waals surface area contributed by atoms with Crippen molar-refractivity contribution in [3.63, 3.8) is 0 Å². The van der Waals surface area contributed by atoms with Crippen LogP contribution < -0.4 is 0 Å². The predicted octanol–water partition coefficient (Wildman–Crippen LogP) is 4.69. The van der Waals surface area contributed by atoms with Crippen molar-refractivity contribution in [2.24, 2.45) is 0 Å². The fraction of sp³-hybridized carbons (Fsp3) is 0.294. The van der Waals surface area contributed by atoms with Gasteiger partial charge in [-0.05, 0) is 36.1 Å². The highest BCUT2D eigenvalue weighted by Gasteiger charge is 2.18. The van der Waals surface area contributed by atoms with Gasteiger partial charge in [0.15, 0.2) is 0 Å². The molecule has 3 nitrogen and oxygen atoms in total. The minimum absolute atomic E-state index is 0.0625. The van der Waals surface area contributed by atoms with Gasteiger partial charge in [0.2, 0.25) is 0 Å². The third kappa shape index (κ3) is 6.15. The molecule has 0 bridgehead atoms. The zero-order valence-corrected chi connectivity index (χ0v) is 15.0. The van der Waals surface area contributed by atoms with Crippen molar-refractivity contribution in [3.05, 3.63) is 69.7 Å². The topological polar surface area (TPSA) is 43.4 Å². The minimum Gasteiger partial charge on any atom is -0.270 e. The Hall–Kier alpha value is -1.07. The van der Waals surface area contributed by atoms with Gasteiger partial charge in [-0.2, -0.15) is 8.42 Å². The molecule has 0 aliphatic heterocycles. The molecule has 0 fully saturated rings. The van der Waals surface area contributed by atoms with E-state index in [1.54, 1.807) is 12.1 Å². The van der Waals surface area contributed by atoms with Crippen LogP contribution >= 0.6 is 23.2 Å². The minimum atomic E-state index is -3.50. The first-order valence-corrected chi connectivity index (χ1v) is 9.75. The molecule has 1 atom stereocenters. The van der Waals surface area contributed by atoms with Gasteiger partial charge in [0.05, 0.1) is 12.9 Å². The van der Waals surface area contributed by atoms with Crippen molar-refractivity contribution in [1.29, 1.82) is 0 Å². The Bertz CT molecular complexity index is 746. The maximum Gasteiger partial charge on any atom is 0.264 e. The second-order valence-corrected chi connectivity index (χ2v) is 7.86. The summed E-state index contributed by atoms with van der Waals surface area (Å²) >= 11 is 12.2. The lowest BCUT2D eigenvalue weighted by Gasteiger charge is -2.18. The number of halogens is 2. The molecule has 124 valence electrons. The molecule has 0 saturated heterocycles. The lowest BCUT2D eigenvalue weighted by Crippen LogP contribution is -2.13. The summed E-state index contributed by atoms with van der Waals surface area (Å²) in [6, 6.07) is 15.2. The molecule has 0 aliphatic rings. The first-order valence-electron chi connectivity index (χ1n) is 7.18. The Labute approximate surface area is 147 Å². The van der Waals surface area contributed by atoms with E-state index in [2.05, 4.69) is 0 Å². The van der Waals surface area contributed by atoms with Gasteiger partial charge in [-0.1, -0.05) is 59.6 Å². The van der Waals surface area contributed by atoms with E-state index in [1.165, 1.54) is 5.56 Å². The van der Waals surface area contributed by atoms with Crippen molar-refractivity contribution in [1.82, 2.24) is 0 Å². The highest BCUT2D eigenvalue weighted by Crippen LogP contribution is 2.31. The smallest absolute Gasteiger partial charge is 0.264 e. The summed E-state index contributed by atoms with van der Waals surface area (Å²) in [4.78, 5) is 0. The molecule has 0 radical (unpaired) electrons. The van der Waals surface area contributed by atoms with E-state index in [0.29, 0.717) is 10.0 Å². The Morgan fingerprint density at radius 3 is 2.39 bits per heavy atom. The molecule has 0 saturated carbocycles. The summed E-state index contributed by atoms with van der Waals surface area (Å²) < 4.78 is 27.6. The van der Waals surface area contributed by atoms with Crippen molar-refractivity contribution >= 4 is 33.3 Å². The number of hydrogen-bond donors (Lipinski definition) is 0. The van der Waals surface area contributed by atoms with Crippen LogP contribution in [0.2, 0.25) is 10.0 Å². The van der Waals surface area contributed by atoms with Crippen LogP contribution in [-0.4, -0.2) is 21.3 Å². The summed E-state index contributed by atoms with van der Waals surface area (Å²) in [5, 5.41) is 1.07. The summed E-state index contributed by atoms with van der Waals surface area (Å²) in [7, 11) is -3.50. The van der Waals surface area contributed by atoms with Crippen LogP contribution in [0.3, 0.4) is 0 Å². The van der Waals surface area contributed by atoms with Gasteiger partial charge in [-0.25, -0.2) is 0 Å². The van der Waals surface area contributed by atoms with Gasteiger partial charge in [-0.3, -0.25) is 4.18 Å². The predicted molar refractivity (Wildman–Crippen MR) is 94.8 cm³/mol. The lowest BCUT2D eigenvalue weighted by molar-refractivity contribution is 0.288. The summed E-state index contributed by atoms with van der Waals surface area (Å²) in [6.45, 7) is 0.0625. The van der Waals surface area contributed by atoms with E-state index < -0.39 is 10.1 Å². The summed E-state index contributed by atoms with van der Waals surface area (Å²) in [5.41, 5.74) is 2.03. The van der Waals surface area contributed by atoms with Crippen LogP contribution in [0.4, 0.5) is 0 Å². The zero-order valence-electron chi connectivity index (χ0n) is 12.7. The van der Waals surface area contributed by atoms with Crippen molar-refractivity contribution < 1.29 is 12.6 Å². The van der Waals surface area contributed by atoms with Crippen LogP contribution in [-0.2, 0) is 20.7 Å². The van der Waals surface area contributed by atoms with Crippen LogP contribution in [0.1, 0.15) is 23.5 Å². The van der Waals surface area contributed by atoms with E-state index in [0.717, 1.165) is 24.7 Å². The molecule has 23 heavy (non-hydrogen) atoms. The normalized spacial score (nSPS) is 13.0. The van der Waals surface area contributed by atoms with Crippen LogP contribution in [0.25, 0.3) is 0 Å². The van der Waals surface area contributed by atoms with Gasteiger partial charge < -0.3 is 0 Å². The van der Waals surface area contributed by atoms with Crippen LogP contribution in [0.15, 0.2) is 48.5 Å². The Balaban J connectivity index is 2.17. The average molecular weight is 373 g/mol. The van der Waals surface area contributed by atoms with Crippen molar-refractivity contribution in [2.75, 3.05) is 12.9 Å². The van der Waals surface area contributed by atoms with Crippen molar-refractivity contribution in [3.8, 4) is 0 Å². The Morgan fingerprint density at radius 1 is 1.09 bits per heavy atom. The molecule has 2 aromatic rings. The molecule has 0 unspecified atom stereocenters. The first-order chi connectivity index (χ1) is 10.8. The Kier molecular flexibility index (Phi) is 6.48. The maximum atomic E-state index is 11.3. The van der Waals surface area contributed by atoms with Crippen molar-refractivity contribution in [2.45, 2.75) is 18.8 Å². The molecule has 2 rings (SSSR count). The summed E-state index contributed by atoms with van der Waals surface area (Å²) in [6.07, 6.45) is 2.57. The van der Waals surface area contributed by atoms with Gasteiger partial charge in [0.1, 0.15) is 0 Å². The highest BCUT2D eigenvalue weighted by molar-refractivity contribution is 7.85. The molecule has 0 spiro atoms. The second kappa shape index (κ2) is 8.15. The molecule has 2 aromatic carbocycles. The van der Waals surface area contributed by atoms with Crippen LogP contribution in [0, 0.1) is 0 Å². The van der Waals surface area contributed by atoms with E-state index in [4.69, 9.17) is 27.4 Å². The molecule has 0 amide bonds. The zero-order chi connectivity index (χ0) is 16.9. The molecule has 0 N–H and O–H groups in total. The third-order valence-corrected chi connectivity index (χ3v) is 4.64. The highest BCUT2D eigenvalue weighted by atomic mass is 35.5. The van der Waals surface area contributed by atoms with Gasteiger partial charge in [0.25, 0.3) is 10.1 Å². The summed E-state index contributed by atoms with van der Waals surface area (Å²) in [5.74, 6) is -0.130. The molecular weight excluding hydrogens is 355 g/mol. The van der Waals surface area contributed by atoms with E-state index in [-0.39, 0.29) is 12.5 Å². The van der Waals surface area contributed by atoms with E-state index >= 15 is 0 Å². The fourth-order valence-corrected chi connectivity index (χ4v) is 3.33. The lowest BCUT2D eigenvalue weighted by atomic mass is 9.93. The fourth-order valence-electron chi connectivity index (χ4n) is 2.35. The largest absolute Gasteiger partial charge is 0.270 e. The molecule has 6 heteroatoms. The number of hydrogen-bond acceptors (Lipinski definition) is 3. The molecular formula is C17H18Cl2O3S. The van der Waals surface area contributed by atoms with Gasteiger partial charge >= 0.3 is 0 Å². The third-order valence-electron chi connectivity index (χ3n) is 3.51. The van der Waals surface area contributed by atoms with E-state index in [1.807, 2.05) is 36.4 Å². The second-order valence-electron chi connectivity index (χ2n) is 5.38. The number of rotatable bonds is 7. The quantitative estimate of drug-likeness (QED) is 0.662. The van der Waals surface area contributed by atoms with E-state index in [9.17, 15) is 8.42 Å². The SMILES string of the molecule is CS(=O)(=O)OC[C@@H](CCc1ccccc1)c1ccc(Cl)cc1Cl. The maximum absolute atomic E-state index is 11.3. The number of benzene rings is 2. The number of aryl methyl sites for hydroxylation is 1. The van der Waals surface area contributed by atoms with Gasteiger partial charge in [-0.15, -0.1) is 0 Å². The molecule has 0 aliphatic carbocycles. The standard InChI is InChI=1S/C17H18Cl2O3S/c1-23(20,21)22-12-14(8-7-13-5-3-2-4-6-13)16-10-9-15(18)11-17(16)19/h2-6,9-11,14H,7-8,12H2,1H3/t14-/m1/s1. The molecule has 0 aromatic heterocycles. The van der Waals surface area contributed by atoms with Gasteiger partial charge in [0, 0.05) is 16.0 Å². The van der Waals surface area contributed by atoms with Crippen LogP contribution in [0.5, 0.6) is 0 Å².